The summed E-state index contributed by atoms with van der Waals surface area (Å²) in [7, 11) is 0. The second-order valence-corrected chi connectivity index (χ2v) is 8.24. The molecule has 2 aromatic carbocycles. The average Bonchev–Trinajstić information content (AvgIpc) is 3.45. The van der Waals surface area contributed by atoms with Gasteiger partial charge in [0.1, 0.15) is 0 Å². The highest BCUT2D eigenvalue weighted by atomic mass is 32.2. The molecular formula is C21H22N6OS. The maximum atomic E-state index is 12.5. The van der Waals surface area contributed by atoms with Crippen LogP contribution in [0.2, 0.25) is 0 Å². The summed E-state index contributed by atoms with van der Waals surface area (Å²) in [5.74, 6) is 0.912. The lowest BCUT2D eigenvalue weighted by Crippen LogP contribution is -2.18. The fourth-order valence-corrected chi connectivity index (χ4v) is 4.57. The van der Waals surface area contributed by atoms with Gasteiger partial charge in [0.05, 0.1) is 16.8 Å². The third-order valence-electron chi connectivity index (χ3n) is 5.29. The number of benzene rings is 2. The van der Waals surface area contributed by atoms with Gasteiger partial charge in [-0.1, -0.05) is 23.9 Å². The number of carbonyl (C=O) groups excluding carboxylic acids is 1. The van der Waals surface area contributed by atoms with Crippen molar-refractivity contribution in [1.82, 2.24) is 19.6 Å². The molecule has 5 rings (SSSR count). The molecule has 4 aromatic rings. The van der Waals surface area contributed by atoms with Gasteiger partial charge in [-0.05, 0) is 55.7 Å². The number of nitrogens with one attached hydrogen (secondary N) is 2. The van der Waals surface area contributed by atoms with Crippen molar-refractivity contribution >= 4 is 45.9 Å². The predicted octanol–water partition coefficient (Wildman–Crippen LogP) is 3.85. The molecule has 0 bridgehead atoms. The van der Waals surface area contributed by atoms with Crippen LogP contribution in [0.1, 0.15) is 18.4 Å². The zero-order valence-corrected chi connectivity index (χ0v) is 17.0. The van der Waals surface area contributed by atoms with Crippen LogP contribution < -0.4 is 10.2 Å². The average molecular weight is 407 g/mol. The molecule has 0 aliphatic carbocycles. The number of fused-ring (bicyclic) bond motifs is 3. The summed E-state index contributed by atoms with van der Waals surface area (Å²) in [6, 6.07) is 14.1. The Morgan fingerprint density at radius 3 is 2.86 bits per heavy atom. The first-order valence-corrected chi connectivity index (χ1v) is 10.8. The number of thioether (sulfide) groups is 1. The van der Waals surface area contributed by atoms with Gasteiger partial charge in [0.2, 0.25) is 11.7 Å². The summed E-state index contributed by atoms with van der Waals surface area (Å²) in [5, 5.41) is 11.0. The van der Waals surface area contributed by atoms with E-state index in [1.807, 2.05) is 41.7 Å². The summed E-state index contributed by atoms with van der Waals surface area (Å²) >= 11 is 1.39. The van der Waals surface area contributed by atoms with E-state index in [0.29, 0.717) is 5.78 Å². The van der Waals surface area contributed by atoms with Crippen LogP contribution in [0.3, 0.4) is 0 Å². The largest absolute Gasteiger partial charge is 0.372 e. The molecule has 1 aliphatic heterocycles. The molecule has 2 aromatic heterocycles. The molecule has 8 heteroatoms. The van der Waals surface area contributed by atoms with Gasteiger partial charge in [0.25, 0.3) is 0 Å². The molecule has 2 N–H and O–H groups in total. The smallest absolute Gasteiger partial charge is 0.234 e. The fourth-order valence-electron chi connectivity index (χ4n) is 3.82. The molecular weight excluding hydrogens is 384 g/mol. The Morgan fingerprint density at radius 2 is 2.03 bits per heavy atom. The van der Waals surface area contributed by atoms with Crippen LogP contribution in [0.5, 0.6) is 0 Å². The molecule has 0 radical (unpaired) electrons. The van der Waals surface area contributed by atoms with Gasteiger partial charge in [0, 0.05) is 24.5 Å². The van der Waals surface area contributed by atoms with Crippen molar-refractivity contribution in [2.24, 2.45) is 0 Å². The van der Waals surface area contributed by atoms with E-state index in [-0.39, 0.29) is 11.7 Å². The van der Waals surface area contributed by atoms with E-state index in [2.05, 4.69) is 37.5 Å². The number of hydrogen-bond acceptors (Lipinski definition) is 5. The highest BCUT2D eigenvalue weighted by Crippen LogP contribution is 2.26. The maximum Gasteiger partial charge on any atom is 0.234 e. The van der Waals surface area contributed by atoms with Crippen molar-refractivity contribution < 1.29 is 4.79 Å². The molecule has 1 fully saturated rings. The first kappa shape index (κ1) is 18.1. The summed E-state index contributed by atoms with van der Waals surface area (Å²) in [4.78, 5) is 19.4. The second-order valence-electron chi connectivity index (χ2n) is 7.30. The van der Waals surface area contributed by atoms with Crippen LogP contribution in [0.25, 0.3) is 16.8 Å². The first-order chi connectivity index (χ1) is 14.2. The van der Waals surface area contributed by atoms with E-state index in [0.717, 1.165) is 40.5 Å². The van der Waals surface area contributed by atoms with Crippen molar-refractivity contribution in [2.45, 2.75) is 24.9 Å². The zero-order chi connectivity index (χ0) is 19.8. The molecule has 0 saturated carbocycles. The minimum absolute atomic E-state index is 0.0485. The highest BCUT2D eigenvalue weighted by molar-refractivity contribution is 7.99. The van der Waals surface area contributed by atoms with Crippen LogP contribution >= 0.6 is 11.8 Å². The standard InChI is InChI=1S/C21H22N6OS/c1-14-12-15(26-10-4-5-11-26)8-9-16(14)22-19(28)13-29-21-25-24-20-23-17-6-2-3-7-18(17)27(20)21/h2-3,6-9,12H,4-5,10-11,13H2,1H3,(H,22,28)(H,23,24). The summed E-state index contributed by atoms with van der Waals surface area (Å²) in [6.07, 6.45) is 2.50. The monoisotopic (exact) mass is 406 g/mol. The van der Waals surface area contributed by atoms with Crippen LogP contribution in [-0.2, 0) is 4.79 Å². The van der Waals surface area contributed by atoms with Gasteiger partial charge < -0.3 is 10.2 Å². The quantitative estimate of drug-likeness (QED) is 0.492. The van der Waals surface area contributed by atoms with Gasteiger partial charge in [-0.15, -0.1) is 5.10 Å². The first-order valence-electron chi connectivity index (χ1n) is 9.79. The van der Waals surface area contributed by atoms with Crippen molar-refractivity contribution in [2.75, 3.05) is 29.1 Å². The molecule has 1 aliphatic rings. The van der Waals surface area contributed by atoms with E-state index in [9.17, 15) is 4.79 Å². The normalized spacial score (nSPS) is 14.2. The third kappa shape index (κ3) is 3.44. The Kier molecular flexibility index (Phi) is 4.63. The molecule has 148 valence electrons. The number of imidazole rings is 1. The number of aromatic amines is 1. The Balaban J connectivity index is 1.27. The van der Waals surface area contributed by atoms with Crippen molar-refractivity contribution in [3.05, 3.63) is 48.0 Å². The number of rotatable bonds is 5. The van der Waals surface area contributed by atoms with Crippen molar-refractivity contribution in [3.63, 3.8) is 0 Å². The maximum absolute atomic E-state index is 12.5. The number of aryl methyl sites for hydroxylation is 1. The van der Waals surface area contributed by atoms with Crippen molar-refractivity contribution in [1.29, 1.82) is 0 Å². The van der Waals surface area contributed by atoms with E-state index < -0.39 is 0 Å². The fraction of sp³-hybridized carbons (Fsp3) is 0.286. The van der Waals surface area contributed by atoms with Crippen LogP contribution in [-0.4, -0.2) is 44.3 Å². The summed E-state index contributed by atoms with van der Waals surface area (Å²) < 4.78 is 1.95. The molecule has 1 amide bonds. The van der Waals surface area contributed by atoms with Gasteiger partial charge >= 0.3 is 0 Å². The number of H-pyrrole nitrogens is 1. The lowest BCUT2D eigenvalue weighted by atomic mass is 10.1. The summed E-state index contributed by atoms with van der Waals surface area (Å²) in [5.41, 5.74) is 5.06. The van der Waals surface area contributed by atoms with E-state index in [1.54, 1.807) is 0 Å². The SMILES string of the molecule is Cc1cc(N2CCCC2)ccc1NC(=O)CSc1n[nH]c2nc3ccccc3n12. The number of carbonyl (C=O) groups is 1. The van der Waals surface area contributed by atoms with Gasteiger partial charge in [-0.3, -0.25) is 9.20 Å². The number of hydrogen-bond donors (Lipinski definition) is 2. The Morgan fingerprint density at radius 1 is 1.21 bits per heavy atom. The Labute approximate surface area is 172 Å². The molecule has 29 heavy (non-hydrogen) atoms. The topological polar surface area (TPSA) is 78.3 Å². The van der Waals surface area contributed by atoms with Gasteiger partial charge in [0.15, 0.2) is 5.16 Å². The molecule has 1 saturated heterocycles. The molecule has 0 spiro atoms. The minimum Gasteiger partial charge on any atom is -0.372 e. The lowest BCUT2D eigenvalue weighted by Gasteiger charge is -2.19. The van der Waals surface area contributed by atoms with E-state index >= 15 is 0 Å². The molecule has 7 nitrogen and oxygen atoms in total. The van der Waals surface area contributed by atoms with Crippen LogP contribution in [0.15, 0.2) is 47.6 Å². The van der Waals surface area contributed by atoms with E-state index in [1.165, 1.54) is 30.3 Å². The number of nitrogens with zero attached hydrogens (tertiary/aromatic N) is 4. The minimum atomic E-state index is -0.0485. The lowest BCUT2D eigenvalue weighted by molar-refractivity contribution is -0.113. The number of amides is 1. The van der Waals surface area contributed by atoms with Crippen molar-refractivity contribution in [3.8, 4) is 0 Å². The molecule has 3 heterocycles. The Hall–Kier alpha value is -3.00. The zero-order valence-electron chi connectivity index (χ0n) is 16.2. The van der Waals surface area contributed by atoms with Gasteiger partial charge in [-0.25, -0.2) is 10.1 Å². The third-order valence-corrected chi connectivity index (χ3v) is 6.23. The predicted molar refractivity (Wildman–Crippen MR) is 117 cm³/mol. The van der Waals surface area contributed by atoms with E-state index in [4.69, 9.17) is 0 Å². The molecule has 0 unspecified atom stereocenters. The Bertz CT molecular complexity index is 1190. The summed E-state index contributed by atoms with van der Waals surface area (Å²) in [6.45, 7) is 4.27. The number of para-hydroxylation sites is 2. The number of aromatic nitrogens is 4. The van der Waals surface area contributed by atoms with Crippen LogP contribution in [0.4, 0.5) is 11.4 Å². The number of anilines is 2. The highest BCUT2D eigenvalue weighted by Gasteiger charge is 2.15. The van der Waals surface area contributed by atoms with Gasteiger partial charge in [-0.2, -0.15) is 0 Å². The molecule has 0 atom stereocenters. The van der Waals surface area contributed by atoms with Crippen LogP contribution in [0, 0.1) is 6.92 Å². The second kappa shape index (κ2) is 7.44.